The number of nitrogens with zero attached hydrogens (tertiary/aromatic N) is 1. The highest BCUT2D eigenvalue weighted by Gasteiger charge is 2.23. The van der Waals surface area contributed by atoms with Crippen LogP contribution in [0, 0.1) is 12.7 Å². The molecule has 0 radical (unpaired) electrons. The average molecular weight is 427 g/mol. The van der Waals surface area contributed by atoms with E-state index in [1.54, 1.807) is 31.5 Å². The van der Waals surface area contributed by atoms with E-state index in [1.807, 2.05) is 31.2 Å². The normalized spacial score (nSPS) is 11.7. The molecule has 0 aliphatic heterocycles. The fourth-order valence-electron chi connectivity index (χ4n) is 3.33. The predicted molar refractivity (Wildman–Crippen MR) is 116 cm³/mol. The molecule has 0 aliphatic carbocycles. The molecule has 4 rings (SSSR count). The lowest BCUT2D eigenvalue weighted by Gasteiger charge is -2.13. The summed E-state index contributed by atoms with van der Waals surface area (Å²) in [6.07, 6.45) is 4.13. The monoisotopic (exact) mass is 426 g/mol. The number of hydrogen-bond acceptors (Lipinski definition) is 4. The van der Waals surface area contributed by atoms with Crippen LogP contribution in [0.2, 0.25) is 0 Å². The molecule has 0 amide bonds. The molecule has 148 valence electrons. The van der Waals surface area contributed by atoms with Crippen molar-refractivity contribution in [1.82, 2.24) is 4.98 Å². The summed E-state index contributed by atoms with van der Waals surface area (Å²) >= 11 is 1.15. The molecule has 0 atom stereocenters. The first kappa shape index (κ1) is 19.5. The SMILES string of the molecule is CCc1cc(-c2ccncc2)ccc1NS(=O)(=O)c1sc2ccc(F)cc2c1C. The summed E-state index contributed by atoms with van der Waals surface area (Å²) in [6, 6.07) is 13.8. The Morgan fingerprint density at radius 3 is 2.52 bits per heavy atom. The van der Waals surface area contributed by atoms with Crippen LogP contribution < -0.4 is 4.72 Å². The Morgan fingerprint density at radius 2 is 1.79 bits per heavy atom. The second-order valence-corrected chi connectivity index (χ2v) is 9.65. The third kappa shape index (κ3) is 3.75. The number of pyridine rings is 1. The van der Waals surface area contributed by atoms with Gasteiger partial charge in [0.2, 0.25) is 0 Å². The van der Waals surface area contributed by atoms with Gasteiger partial charge in [-0.05, 0) is 83.4 Å². The Hall–Kier alpha value is -2.77. The van der Waals surface area contributed by atoms with Gasteiger partial charge in [-0.1, -0.05) is 13.0 Å². The van der Waals surface area contributed by atoms with Gasteiger partial charge in [-0.15, -0.1) is 11.3 Å². The van der Waals surface area contributed by atoms with Gasteiger partial charge in [0, 0.05) is 17.1 Å². The van der Waals surface area contributed by atoms with E-state index in [0.29, 0.717) is 23.1 Å². The zero-order valence-corrected chi connectivity index (χ0v) is 17.6. The lowest BCUT2D eigenvalue weighted by atomic mass is 10.0. The van der Waals surface area contributed by atoms with Gasteiger partial charge in [-0.2, -0.15) is 0 Å². The minimum atomic E-state index is -3.79. The van der Waals surface area contributed by atoms with Crippen molar-refractivity contribution < 1.29 is 12.8 Å². The van der Waals surface area contributed by atoms with Crippen LogP contribution in [0.3, 0.4) is 0 Å². The number of nitrogens with one attached hydrogen (secondary N) is 1. The molecule has 2 heterocycles. The first-order valence-electron chi connectivity index (χ1n) is 9.14. The molecule has 0 aliphatic rings. The predicted octanol–water partition coefficient (Wildman–Crippen LogP) is 5.77. The van der Waals surface area contributed by atoms with Crippen molar-refractivity contribution in [3.05, 3.63) is 77.9 Å². The third-order valence-corrected chi connectivity index (χ3v) is 8.10. The molecule has 0 fully saturated rings. The number of benzene rings is 2. The summed E-state index contributed by atoms with van der Waals surface area (Å²) in [5.74, 6) is -0.379. The number of halogens is 1. The van der Waals surface area contributed by atoms with Crippen LogP contribution in [-0.2, 0) is 16.4 Å². The number of rotatable bonds is 5. The maximum atomic E-state index is 13.6. The van der Waals surface area contributed by atoms with Crippen LogP contribution >= 0.6 is 11.3 Å². The van der Waals surface area contributed by atoms with Gasteiger partial charge in [0.05, 0.1) is 5.69 Å². The molecule has 4 aromatic rings. The van der Waals surface area contributed by atoms with Gasteiger partial charge in [-0.3, -0.25) is 9.71 Å². The average Bonchev–Trinajstić information content (AvgIpc) is 3.05. The van der Waals surface area contributed by atoms with E-state index in [0.717, 1.165) is 32.7 Å². The first-order valence-corrected chi connectivity index (χ1v) is 11.4. The van der Waals surface area contributed by atoms with E-state index >= 15 is 0 Å². The topological polar surface area (TPSA) is 59.1 Å². The largest absolute Gasteiger partial charge is 0.279 e. The Morgan fingerprint density at radius 1 is 1.03 bits per heavy atom. The standard InChI is InChI=1S/C22H19FN2O2S2/c1-3-15-12-17(16-8-10-24-11-9-16)4-6-20(15)25-29(26,27)22-14(2)19-13-18(23)5-7-21(19)28-22/h4-13,25H,3H2,1-2H3. The van der Waals surface area contributed by atoms with Crippen molar-refractivity contribution in [3.63, 3.8) is 0 Å². The Bertz CT molecular complexity index is 1300. The number of fused-ring (bicyclic) bond motifs is 1. The van der Waals surface area contributed by atoms with Crippen molar-refractivity contribution in [3.8, 4) is 11.1 Å². The molecule has 29 heavy (non-hydrogen) atoms. The smallest absolute Gasteiger partial charge is 0.271 e. The molecule has 0 unspecified atom stereocenters. The molecule has 4 nitrogen and oxygen atoms in total. The molecular formula is C22H19FN2O2S2. The summed E-state index contributed by atoms with van der Waals surface area (Å²) in [4.78, 5) is 4.03. The minimum Gasteiger partial charge on any atom is -0.279 e. The van der Waals surface area contributed by atoms with E-state index in [-0.39, 0.29) is 10.0 Å². The summed E-state index contributed by atoms with van der Waals surface area (Å²) < 4.78 is 43.5. The second-order valence-electron chi connectivity index (χ2n) is 6.72. The van der Waals surface area contributed by atoms with Gasteiger partial charge in [-0.25, -0.2) is 12.8 Å². The fourth-order valence-corrected chi connectivity index (χ4v) is 6.18. The van der Waals surface area contributed by atoms with Gasteiger partial charge in [0.15, 0.2) is 0 Å². The number of hydrogen-bond donors (Lipinski definition) is 1. The number of thiophene rings is 1. The first-order chi connectivity index (χ1) is 13.9. The van der Waals surface area contributed by atoms with Gasteiger partial charge < -0.3 is 0 Å². The fraction of sp³-hybridized carbons (Fsp3) is 0.136. The summed E-state index contributed by atoms with van der Waals surface area (Å²) in [7, 11) is -3.79. The number of anilines is 1. The number of aromatic nitrogens is 1. The number of sulfonamides is 1. The molecule has 1 N–H and O–H groups in total. The van der Waals surface area contributed by atoms with Crippen LogP contribution in [0.25, 0.3) is 21.2 Å². The van der Waals surface area contributed by atoms with Crippen LogP contribution in [0.5, 0.6) is 0 Å². The quantitative estimate of drug-likeness (QED) is 0.440. The lowest BCUT2D eigenvalue weighted by molar-refractivity contribution is 0.602. The second kappa shape index (κ2) is 7.57. The van der Waals surface area contributed by atoms with E-state index in [9.17, 15) is 12.8 Å². The van der Waals surface area contributed by atoms with E-state index in [1.165, 1.54) is 12.1 Å². The van der Waals surface area contributed by atoms with Gasteiger partial charge in [0.1, 0.15) is 10.0 Å². The van der Waals surface area contributed by atoms with Gasteiger partial charge >= 0.3 is 0 Å². The molecule has 7 heteroatoms. The van der Waals surface area contributed by atoms with Crippen molar-refractivity contribution in [2.45, 2.75) is 24.5 Å². The van der Waals surface area contributed by atoms with Crippen LogP contribution in [0.1, 0.15) is 18.1 Å². The van der Waals surface area contributed by atoms with Crippen LogP contribution in [0.15, 0.2) is 65.1 Å². The summed E-state index contributed by atoms with van der Waals surface area (Å²) in [5.41, 5.74) is 4.02. The van der Waals surface area contributed by atoms with Crippen molar-refractivity contribution in [1.29, 1.82) is 0 Å². The highest BCUT2D eigenvalue weighted by molar-refractivity contribution is 7.94. The minimum absolute atomic E-state index is 0.207. The molecule has 0 saturated carbocycles. The molecule has 2 aromatic heterocycles. The van der Waals surface area contributed by atoms with Crippen molar-refractivity contribution in [2.24, 2.45) is 0 Å². The number of aryl methyl sites for hydroxylation is 2. The molecule has 0 saturated heterocycles. The Kier molecular flexibility index (Phi) is 5.10. The van der Waals surface area contributed by atoms with E-state index < -0.39 is 10.0 Å². The Labute approximate surface area is 173 Å². The molecule has 2 aromatic carbocycles. The van der Waals surface area contributed by atoms with Crippen LogP contribution in [-0.4, -0.2) is 13.4 Å². The molecule has 0 spiro atoms. The van der Waals surface area contributed by atoms with Crippen LogP contribution in [0.4, 0.5) is 10.1 Å². The molecular weight excluding hydrogens is 407 g/mol. The molecule has 0 bridgehead atoms. The van der Waals surface area contributed by atoms with Gasteiger partial charge in [0.25, 0.3) is 10.0 Å². The highest BCUT2D eigenvalue weighted by atomic mass is 32.2. The van der Waals surface area contributed by atoms with E-state index in [2.05, 4.69) is 9.71 Å². The third-order valence-electron chi connectivity index (χ3n) is 4.84. The lowest BCUT2D eigenvalue weighted by Crippen LogP contribution is -2.14. The van der Waals surface area contributed by atoms with Crippen molar-refractivity contribution in [2.75, 3.05) is 4.72 Å². The Balaban J connectivity index is 1.72. The highest BCUT2D eigenvalue weighted by Crippen LogP contribution is 2.36. The maximum absolute atomic E-state index is 13.6. The zero-order valence-electron chi connectivity index (χ0n) is 15.9. The van der Waals surface area contributed by atoms with Crippen molar-refractivity contribution >= 4 is 37.1 Å². The summed E-state index contributed by atoms with van der Waals surface area (Å²) in [5, 5.41) is 0.624. The van der Waals surface area contributed by atoms with E-state index in [4.69, 9.17) is 0 Å². The zero-order chi connectivity index (χ0) is 20.6. The summed E-state index contributed by atoms with van der Waals surface area (Å²) in [6.45, 7) is 3.69. The maximum Gasteiger partial charge on any atom is 0.271 e.